The van der Waals surface area contributed by atoms with Crippen LogP contribution >= 0.6 is 0 Å². The molecule has 1 atom stereocenters. The smallest absolute Gasteiger partial charge is 0.184 e. The largest absolute Gasteiger partial charge is 0.490 e. The molecule has 0 amide bonds. The van der Waals surface area contributed by atoms with Gasteiger partial charge in [-0.3, -0.25) is 0 Å². The van der Waals surface area contributed by atoms with E-state index in [1.807, 2.05) is 13.0 Å². The van der Waals surface area contributed by atoms with Crippen molar-refractivity contribution in [1.29, 1.82) is 0 Å². The quantitative estimate of drug-likeness (QED) is 0.107. The molecule has 40 heavy (non-hydrogen) atoms. The fourth-order valence-electron chi connectivity index (χ4n) is 5.75. The summed E-state index contributed by atoms with van der Waals surface area (Å²) in [6.07, 6.45) is 14.2. The maximum atomic E-state index is 14.7. The summed E-state index contributed by atoms with van der Waals surface area (Å²) in [7, 11) is 0. The summed E-state index contributed by atoms with van der Waals surface area (Å²) < 4.78 is 43.1. The Morgan fingerprint density at radius 3 is 2.38 bits per heavy atom. The number of unbranched alkanes of at least 4 members (excludes halogenated alkanes) is 8. The van der Waals surface area contributed by atoms with Crippen molar-refractivity contribution >= 4 is 5.71 Å². The molecule has 2 aromatic rings. The average molecular weight is 557 g/mol. The van der Waals surface area contributed by atoms with Crippen LogP contribution in [0, 0.1) is 11.6 Å². The highest BCUT2D eigenvalue weighted by atomic mass is 19.1. The Kier molecular flexibility index (Phi) is 13.6. The second-order valence-electron chi connectivity index (χ2n) is 10.7. The zero-order valence-electron chi connectivity index (χ0n) is 24.5. The minimum Gasteiger partial charge on any atom is -0.490 e. The van der Waals surface area contributed by atoms with Crippen molar-refractivity contribution in [1.82, 2.24) is 0 Å². The van der Waals surface area contributed by atoms with E-state index >= 15 is 0 Å². The molecule has 0 aromatic heterocycles. The number of hydrogen-bond donors (Lipinski definition) is 1. The van der Waals surface area contributed by atoms with E-state index in [2.05, 4.69) is 24.1 Å². The maximum Gasteiger partial charge on any atom is 0.184 e. The second-order valence-corrected chi connectivity index (χ2v) is 10.7. The van der Waals surface area contributed by atoms with Crippen LogP contribution < -0.4 is 9.47 Å². The highest BCUT2D eigenvalue weighted by Crippen LogP contribution is 2.43. The number of fused-ring (bicyclic) bond motifs is 1. The summed E-state index contributed by atoms with van der Waals surface area (Å²) in [5, 5.41) is 9.97. The molecule has 1 aliphatic heterocycles. The van der Waals surface area contributed by atoms with Gasteiger partial charge in [0.1, 0.15) is 18.2 Å². The van der Waals surface area contributed by atoms with Crippen molar-refractivity contribution < 1.29 is 27.9 Å². The minimum absolute atomic E-state index is 0.0135. The summed E-state index contributed by atoms with van der Waals surface area (Å²) in [6, 6.07) is 7.66. The van der Waals surface area contributed by atoms with Crippen LogP contribution in [0.2, 0.25) is 0 Å². The van der Waals surface area contributed by atoms with Gasteiger partial charge in [0.25, 0.3) is 0 Å². The Morgan fingerprint density at radius 1 is 0.975 bits per heavy atom. The molecule has 4 nitrogen and oxygen atoms in total. The van der Waals surface area contributed by atoms with Crippen LogP contribution in [0.25, 0.3) is 0 Å². The van der Waals surface area contributed by atoms with Gasteiger partial charge in [-0.05, 0) is 50.1 Å². The summed E-state index contributed by atoms with van der Waals surface area (Å²) in [6.45, 7) is 9.71. The molecule has 0 saturated carbocycles. The molecule has 1 heterocycles. The molecule has 0 spiro atoms. The monoisotopic (exact) mass is 556 g/mol. The van der Waals surface area contributed by atoms with Crippen LogP contribution in [0.5, 0.6) is 11.5 Å². The standard InChI is InChI=1S/C34H48F2NO3/c1-4-7-8-9-10-11-12-13-14-15-31-29-17-19-32(39-6-3)34(40-22-5-2)33(29)26(20-21-38)24-37(31)25-27-23-28(35)16-18-30(27)36/h5,16-19,23,26,38H,2,4,6-15,20-22,24-25H2,1,3H3/q+1. The Balaban J connectivity index is 1.94. The van der Waals surface area contributed by atoms with E-state index < -0.39 is 11.6 Å². The molecule has 3 rings (SSSR count). The van der Waals surface area contributed by atoms with Gasteiger partial charge < -0.3 is 14.6 Å². The Labute approximate surface area is 239 Å². The highest BCUT2D eigenvalue weighted by molar-refractivity contribution is 6.00. The molecule has 0 saturated heterocycles. The van der Waals surface area contributed by atoms with E-state index in [0.29, 0.717) is 43.2 Å². The summed E-state index contributed by atoms with van der Waals surface area (Å²) in [5.41, 5.74) is 3.53. The summed E-state index contributed by atoms with van der Waals surface area (Å²) >= 11 is 0. The first kappa shape index (κ1) is 31.8. The van der Waals surface area contributed by atoms with Gasteiger partial charge >= 0.3 is 0 Å². The zero-order valence-corrected chi connectivity index (χ0v) is 24.5. The fraction of sp³-hybridized carbons (Fsp3) is 0.559. The Bertz CT molecular complexity index is 1110. The van der Waals surface area contributed by atoms with Gasteiger partial charge in [0.2, 0.25) is 0 Å². The van der Waals surface area contributed by atoms with E-state index in [1.165, 1.54) is 57.1 Å². The molecule has 0 bridgehead atoms. The molecule has 1 aliphatic rings. The highest BCUT2D eigenvalue weighted by Gasteiger charge is 2.36. The second kappa shape index (κ2) is 17.2. The normalized spacial score (nSPS) is 14.8. The molecule has 220 valence electrons. The minimum atomic E-state index is -0.442. The number of aliphatic hydroxyl groups excluding tert-OH is 1. The molecule has 0 fully saturated rings. The van der Waals surface area contributed by atoms with Gasteiger partial charge in [0, 0.05) is 30.1 Å². The van der Waals surface area contributed by atoms with E-state index in [-0.39, 0.29) is 19.1 Å². The van der Waals surface area contributed by atoms with Crippen LogP contribution in [0.3, 0.4) is 0 Å². The lowest BCUT2D eigenvalue weighted by Gasteiger charge is -2.28. The summed E-state index contributed by atoms with van der Waals surface area (Å²) in [4.78, 5) is 0. The maximum absolute atomic E-state index is 14.7. The first-order chi connectivity index (χ1) is 19.5. The first-order valence-electron chi connectivity index (χ1n) is 15.2. The molecule has 1 N–H and O–H groups in total. The van der Waals surface area contributed by atoms with E-state index in [1.54, 1.807) is 6.08 Å². The van der Waals surface area contributed by atoms with Gasteiger partial charge in [-0.15, -0.1) is 0 Å². The van der Waals surface area contributed by atoms with Crippen molar-refractivity contribution in [2.75, 3.05) is 26.4 Å². The van der Waals surface area contributed by atoms with Crippen LogP contribution in [0.4, 0.5) is 8.78 Å². The number of hydrogen-bond acceptors (Lipinski definition) is 3. The number of nitrogens with zero attached hydrogens (tertiary/aromatic N) is 1. The van der Waals surface area contributed by atoms with Gasteiger partial charge in [0.05, 0.1) is 12.2 Å². The number of aliphatic hydroxyl groups is 1. The van der Waals surface area contributed by atoms with Crippen molar-refractivity contribution in [2.45, 2.75) is 96.9 Å². The van der Waals surface area contributed by atoms with Crippen molar-refractivity contribution in [3.05, 3.63) is 71.3 Å². The third kappa shape index (κ3) is 8.89. The van der Waals surface area contributed by atoms with Crippen molar-refractivity contribution in [3.8, 4) is 11.5 Å². The number of halogens is 2. The van der Waals surface area contributed by atoms with Gasteiger partial charge in [-0.2, -0.15) is 0 Å². The third-order valence-electron chi connectivity index (χ3n) is 7.71. The molecular weight excluding hydrogens is 508 g/mol. The SMILES string of the molecule is C=CCOc1c(OCC)ccc2c1C(CCO)C[N+](Cc1cc(F)ccc1F)=C2CCCCCCCCCCC. The molecule has 6 heteroatoms. The predicted molar refractivity (Wildman–Crippen MR) is 159 cm³/mol. The fourth-order valence-corrected chi connectivity index (χ4v) is 5.75. The van der Waals surface area contributed by atoms with Crippen LogP contribution in [-0.4, -0.2) is 41.8 Å². The van der Waals surface area contributed by atoms with Gasteiger partial charge in [-0.25, -0.2) is 13.4 Å². The number of rotatable bonds is 19. The van der Waals surface area contributed by atoms with Crippen molar-refractivity contribution in [3.63, 3.8) is 0 Å². The molecule has 0 radical (unpaired) electrons. The molecule has 1 unspecified atom stereocenters. The van der Waals surface area contributed by atoms with Crippen LogP contribution in [0.1, 0.15) is 107 Å². The molecule has 2 aromatic carbocycles. The Hall–Kier alpha value is -2.73. The Morgan fingerprint density at radius 2 is 1.70 bits per heavy atom. The van der Waals surface area contributed by atoms with Gasteiger partial charge in [0.15, 0.2) is 30.3 Å². The lowest BCUT2D eigenvalue weighted by molar-refractivity contribution is -0.550. The number of benzene rings is 2. The zero-order chi connectivity index (χ0) is 28.7. The summed E-state index contributed by atoms with van der Waals surface area (Å²) in [5.74, 6) is 0.471. The predicted octanol–water partition coefficient (Wildman–Crippen LogP) is 8.33. The molecular formula is C34H48F2NO3+. The number of ether oxygens (including phenoxy) is 2. The van der Waals surface area contributed by atoms with Crippen LogP contribution in [-0.2, 0) is 6.54 Å². The average Bonchev–Trinajstić information content (AvgIpc) is 2.94. The molecule has 0 aliphatic carbocycles. The lowest BCUT2D eigenvalue weighted by Crippen LogP contribution is -2.34. The topological polar surface area (TPSA) is 41.7 Å². The van der Waals surface area contributed by atoms with E-state index in [0.717, 1.165) is 42.2 Å². The van der Waals surface area contributed by atoms with E-state index in [4.69, 9.17) is 9.47 Å². The lowest BCUT2D eigenvalue weighted by atomic mass is 9.83. The van der Waals surface area contributed by atoms with Gasteiger partial charge in [-0.1, -0.05) is 70.9 Å². The first-order valence-corrected chi connectivity index (χ1v) is 15.2. The van der Waals surface area contributed by atoms with E-state index in [9.17, 15) is 13.9 Å². The van der Waals surface area contributed by atoms with Crippen LogP contribution in [0.15, 0.2) is 43.0 Å². The van der Waals surface area contributed by atoms with Crippen molar-refractivity contribution in [2.24, 2.45) is 0 Å². The third-order valence-corrected chi connectivity index (χ3v) is 7.71.